The Morgan fingerprint density at radius 2 is 2.29 bits per heavy atom. The molecule has 88 valence electrons. The molecule has 4 nitrogen and oxygen atoms in total. The summed E-state index contributed by atoms with van der Waals surface area (Å²) >= 11 is 5.92. The lowest BCUT2D eigenvalue weighted by Gasteiger charge is -2.07. The predicted octanol–water partition coefficient (Wildman–Crippen LogP) is 2.81. The molecule has 2 aromatic heterocycles. The van der Waals surface area contributed by atoms with Gasteiger partial charge in [0.1, 0.15) is 5.69 Å². The van der Waals surface area contributed by atoms with E-state index >= 15 is 0 Å². The van der Waals surface area contributed by atoms with Crippen molar-refractivity contribution in [3.63, 3.8) is 0 Å². The summed E-state index contributed by atoms with van der Waals surface area (Å²) in [7, 11) is 0. The Hall–Kier alpha value is -1.81. The van der Waals surface area contributed by atoms with Gasteiger partial charge in [-0.25, -0.2) is 4.98 Å². The summed E-state index contributed by atoms with van der Waals surface area (Å²) < 4.78 is 1.85. The van der Waals surface area contributed by atoms with Gasteiger partial charge in [-0.15, -0.1) is 0 Å². The van der Waals surface area contributed by atoms with Gasteiger partial charge in [-0.1, -0.05) is 11.6 Å². The fraction of sp³-hybridized carbons (Fsp3) is 0.167. The fourth-order valence-corrected chi connectivity index (χ4v) is 1.71. The first kappa shape index (κ1) is 11.7. The summed E-state index contributed by atoms with van der Waals surface area (Å²) in [4.78, 5) is 16.0. The van der Waals surface area contributed by atoms with Crippen LogP contribution in [0.4, 0.5) is 5.82 Å². The summed E-state index contributed by atoms with van der Waals surface area (Å²) in [6.07, 6.45) is 3.44. The smallest absolute Gasteiger partial charge is 0.273 e. The Morgan fingerprint density at radius 1 is 1.47 bits per heavy atom. The van der Waals surface area contributed by atoms with Gasteiger partial charge in [-0.3, -0.25) is 4.79 Å². The SMILES string of the molecule is CCn1cccc1C(=O)Nc1ncccc1Cl. The number of pyridine rings is 1. The summed E-state index contributed by atoms with van der Waals surface area (Å²) in [5, 5.41) is 3.11. The van der Waals surface area contributed by atoms with Gasteiger partial charge >= 0.3 is 0 Å². The van der Waals surface area contributed by atoms with Gasteiger partial charge in [0.2, 0.25) is 0 Å². The highest BCUT2D eigenvalue weighted by Gasteiger charge is 2.12. The largest absolute Gasteiger partial charge is 0.344 e. The molecule has 5 heteroatoms. The number of hydrogen-bond donors (Lipinski definition) is 1. The highest BCUT2D eigenvalue weighted by atomic mass is 35.5. The molecule has 0 aliphatic carbocycles. The number of amides is 1. The normalized spacial score (nSPS) is 10.2. The molecular weight excluding hydrogens is 238 g/mol. The van der Waals surface area contributed by atoms with Crippen LogP contribution >= 0.6 is 11.6 Å². The first-order chi connectivity index (χ1) is 8.22. The van der Waals surface area contributed by atoms with E-state index in [2.05, 4.69) is 10.3 Å². The van der Waals surface area contributed by atoms with Crippen LogP contribution in [-0.2, 0) is 6.54 Å². The number of carbonyl (C=O) groups excluding carboxylic acids is 1. The molecule has 0 radical (unpaired) electrons. The van der Waals surface area contributed by atoms with E-state index in [-0.39, 0.29) is 5.91 Å². The number of nitrogens with one attached hydrogen (secondary N) is 1. The van der Waals surface area contributed by atoms with Gasteiger partial charge in [0.15, 0.2) is 5.82 Å². The summed E-state index contributed by atoms with van der Waals surface area (Å²) in [5.74, 6) is 0.167. The Balaban J connectivity index is 2.20. The van der Waals surface area contributed by atoms with Crippen molar-refractivity contribution in [3.05, 3.63) is 47.4 Å². The van der Waals surface area contributed by atoms with Crippen LogP contribution in [0.15, 0.2) is 36.7 Å². The summed E-state index contributed by atoms with van der Waals surface area (Å²) in [6.45, 7) is 2.72. The number of halogens is 1. The molecule has 0 bridgehead atoms. The van der Waals surface area contributed by atoms with Crippen molar-refractivity contribution in [1.29, 1.82) is 0 Å². The third-order valence-corrected chi connectivity index (χ3v) is 2.70. The van der Waals surface area contributed by atoms with Crippen LogP contribution in [0.5, 0.6) is 0 Å². The number of hydrogen-bond acceptors (Lipinski definition) is 2. The topological polar surface area (TPSA) is 46.9 Å². The van der Waals surface area contributed by atoms with Crippen LogP contribution in [0, 0.1) is 0 Å². The van der Waals surface area contributed by atoms with Gasteiger partial charge in [-0.05, 0) is 31.2 Å². The predicted molar refractivity (Wildman–Crippen MR) is 67.3 cm³/mol. The molecule has 0 spiro atoms. The standard InChI is InChI=1S/C12H12ClN3O/c1-2-16-8-4-6-10(16)12(17)15-11-9(13)5-3-7-14-11/h3-8H,2H2,1H3,(H,14,15,17). The van der Waals surface area contributed by atoms with Gasteiger partial charge in [0, 0.05) is 18.9 Å². The van der Waals surface area contributed by atoms with Crippen molar-refractivity contribution < 1.29 is 4.79 Å². The zero-order valence-corrected chi connectivity index (χ0v) is 10.1. The Labute approximate surface area is 104 Å². The highest BCUT2D eigenvalue weighted by molar-refractivity contribution is 6.33. The second kappa shape index (κ2) is 5.01. The van der Waals surface area contributed by atoms with Gasteiger partial charge < -0.3 is 9.88 Å². The van der Waals surface area contributed by atoms with Crippen LogP contribution in [0.1, 0.15) is 17.4 Å². The van der Waals surface area contributed by atoms with Crippen molar-refractivity contribution in [2.24, 2.45) is 0 Å². The van der Waals surface area contributed by atoms with Crippen LogP contribution in [-0.4, -0.2) is 15.5 Å². The molecule has 0 aliphatic rings. The van der Waals surface area contributed by atoms with E-state index in [1.165, 1.54) is 0 Å². The van der Waals surface area contributed by atoms with Gasteiger partial charge in [0.05, 0.1) is 5.02 Å². The first-order valence-electron chi connectivity index (χ1n) is 5.29. The molecule has 2 aromatic rings. The molecule has 2 rings (SSSR count). The van der Waals surface area contributed by atoms with Crippen LogP contribution in [0.3, 0.4) is 0 Å². The molecule has 0 fully saturated rings. The zero-order valence-electron chi connectivity index (χ0n) is 9.35. The van der Waals surface area contributed by atoms with Crippen molar-refractivity contribution in [2.45, 2.75) is 13.5 Å². The molecule has 0 aliphatic heterocycles. The van der Waals surface area contributed by atoms with Crippen LogP contribution in [0.2, 0.25) is 5.02 Å². The van der Waals surface area contributed by atoms with Crippen LogP contribution < -0.4 is 5.32 Å². The molecule has 0 atom stereocenters. The Bertz CT molecular complexity index is 536. The van der Waals surface area contributed by atoms with E-state index in [0.717, 1.165) is 6.54 Å². The van der Waals surface area contributed by atoms with Crippen molar-refractivity contribution in [3.8, 4) is 0 Å². The Morgan fingerprint density at radius 3 is 3.00 bits per heavy atom. The molecule has 0 saturated heterocycles. The van der Waals surface area contributed by atoms with Gasteiger partial charge in [0.25, 0.3) is 5.91 Å². The van der Waals surface area contributed by atoms with E-state index < -0.39 is 0 Å². The molecule has 0 aromatic carbocycles. The molecule has 17 heavy (non-hydrogen) atoms. The molecule has 1 N–H and O–H groups in total. The second-order valence-electron chi connectivity index (χ2n) is 3.47. The lowest BCUT2D eigenvalue weighted by atomic mass is 10.4. The lowest BCUT2D eigenvalue weighted by molar-refractivity contribution is 0.101. The van der Waals surface area contributed by atoms with Crippen LogP contribution in [0.25, 0.3) is 0 Å². The fourth-order valence-electron chi connectivity index (χ4n) is 1.55. The molecule has 0 saturated carbocycles. The van der Waals surface area contributed by atoms with Gasteiger partial charge in [-0.2, -0.15) is 0 Å². The summed E-state index contributed by atoms with van der Waals surface area (Å²) in [6, 6.07) is 6.99. The average Bonchev–Trinajstić information content (AvgIpc) is 2.80. The second-order valence-corrected chi connectivity index (χ2v) is 3.87. The number of rotatable bonds is 3. The summed E-state index contributed by atoms with van der Waals surface area (Å²) in [5.41, 5.74) is 0.592. The molecule has 0 unspecified atom stereocenters. The minimum Gasteiger partial charge on any atom is -0.344 e. The number of nitrogens with zero attached hydrogens (tertiary/aromatic N) is 2. The van der Waals surface area contributed by atoms with E-state index in [0.29, 0.717) is 16.5 Å². The van der Waals surface area contributed by atoms with E-state index in [1.807, 2.05) is 23.8 Å². The number of anilines is 1. The van der Waals surface area contributed by atoms with E-state index in [4.69, 9.17) is 11.6 Å². The zero-order chi connectivity index (χ0) is 12.3. The third kappa shape index (κ3) is 2.47. The van der Waals surface area contributed by atoms with Crippen molar-refractivity contribution in [2.75, 3.05) is 5.32 Å². The maximum atomic E-state index is 12.0. The Kier molecular flexibility index (Phi) is 3.44. The maximum Gasteiger partial charge on any atom is 0.273 e. The van der Waals surface area contributed by atoms with Crippen molar-refractivity contribution >= 4 is 23.3 Å². The first-order valence-corrected chi connectivity index (χ1v) is 5.67. The molecule has 1 amide bonds. The maximum absolute atomic E-state index is 12.0. The number of aryl methyl sites for hydroxylation is 1. The monoisotopic (exact) mass is 249 g/mol. The van der Waals surface area contributed by atoms with Crippen molar-refractivity contribution in [1.82, 2.24) is 9.55 Å². The molecular formula is C12H12ClN3O. The van der Waals surface area contributed by atoms with E-state index in [9.17, 15) is 4.79 Å². The third-order valence-electron chi connectivity index (χ3n) is 2.39. The molecule has 2 heterocycles. The minimum atomic E-state index is -0.211. The lowest BCUT2D eigenvalue weighted by Crippen LogP contribution is -2.17. The quantitative estimate of drug-likeness (QED) is 0.909. The highest BCUT2D eigenvalue weighted by Crippen LogP contribution is 2.18. The van der Waals surface area contributed by atoms with E-state index in [1.54, 1.807) is 24.4 Å². The number of carbonyl (C=O) groups is 1. The number of aromatic nitrogens is 2. The minimum absolute atomic E-state index is 0.211. The average molecular weight is 250 g/mol.